The molecule has 9 heteroatoms. The van der Waals surface area contributed by atoms with E-state index in [2.05, 4.69) is 0 Å². The van der Waals surface area contributed by atoms with Crippen LogP contribution in [0.1, 0.15) is 5.69 Å². The third-order valence-corrected chi connectivity index (χ3v) is 6.64. The quantitative estimate of drug-likeness (QED) is 0.262. The lowest BCUT2D eigenvalue weighted by molar-refractivity contribution is 0.424. The fourth-order valence-electron chi connectivity index (χ4n) is 4.32. The van der Waals surface area contributed by atoms with Crippen LogP contribution < -0.4 is 10.3 Å². The highest BCUT2D eigenvalue weighted by molar-refractivity contribution is 7.98. The predicted molar refractivity (Wildman–Crippen MR) is 143 cm³/mol. The molecule has 0 radical (unpaired) electrons. The van der Waals surface area contributed by atoms with Gasteiger partial charge < -0.3 is 4.74 Å². The summed E-state index contributed by atoms with van der Waals surface area (Å²) in [6.07, 6.45) is 1.91. The number of fused-ring (bicyclic) bond motifs is 3. The van der Waals surface area contributed by atoms with Gasteiger partial charge in [-0.3, -0.25) is 4.79 Å². The van der Waals surface area contributed by atoms with E-state index in [0.29, 0.717) is 38.3 Å². The van der Waals surface area contributed by atoms with Crippen molar-refractivity contribution in [1.29, 1.82) is 0 Å². The van der Waals surface area contributed by atoms with E-state index in [1.165, 1.54) is 28.5 Å². The summed E-state index contributed by atoms with van der Waals surface area (Å²) in [5, 5.41) is 6.48. The Labute approximate surface area is 215 Å². The van der Waals surface area contributed by atoms with Crippen molar-refractivity contribution in [3.8, 4) is 23.1 Å². The Morgan fingerprint density at radius 1 is 0.865 bits per heavy atom. The fraction of sp³-hybridized carbons (Fsp3) is 0.0714. The van der Waals surface area contributed by atoms with Crippen LogP contribution >= 0.6 is 11.8 Å². The monoisotopic (exact) mass is 509 g/mol. The second-order valence-corrected chi connectivity index (χ2v) is 9.10. The van der Waals surface area contributed by atoms with Gasteiger partial charge in [0.05, 0.1) is 33.4 Å². The number of pyridine rings is 1. The molecule has 0 atom stereocenters. The van der Waals surface area contributed by atoms with Crippen molar-refractivity contribution in [1.82, 2.24) is 24.3 Å². The summed E-state index contributed by atoms with van der Waals surface area (Å²) in [5.74, 6) is -0.230. The highest BCUT2D eigenvalue weighted by atomic mass is 32.2. The number of nitrogens with zero attached hydrogens (tertiary/aromatic N) is 5. The van der Waals surface area contributed by atoms with Crippen LogP contribution in [-0.4, -0.2) is 30.6 Å². The summed E-state index contributed by atoms with van der Waals surface area (Å²) in [6.45, 7) is 1.79. The normalized spacial score (nSPS) is 11.3. The number of aryl methyl sites for hydroxylation is 1. The van der Waals surface area contributed by atoms with Crippen molar-refractivity contribution in [2.24, 2.45) is 0 Å². The minimum absolute atomic E-state index is 0.0146. The molecule has 0 saturated heterocycles. The molecule has 6 aromatic rings. The van der Waals surface area contributed by atoms with Gasteiger partial charge in [0.2, 0.25) is 0 Å². The predicted octanol–water partition coefficient (Wildman–Crippen LogP) is 6.08. The Kier molecular flexibility index (Phi) is 5.69. The number of ether oxygens (including phenoxy) is 1. The number of hydrogen-bond acceptors (Lipinski definition) is 6. The number of hydrogen-bond donors (Lipinski definition) is 0. The van der Waals surface area contributed by atoms with E-state index in [1.807, 2.05) is 54.8 Å². The lowest BCUT2D eigenvalue weighted by atomic mass is 10.2. The Morgan fingerprint density at radius 2 is 1.57 bits per heavy atom. The Balaban J connectivity index is 1.72. The maximum atomic E-state index is 14.0. The van der Waals surface area contributed by atoms with E-state index < -0.39 is 5.82 Å². The summed E-state index contributed by atoms with van der Waals surface area (Å²) in [4.78, 5) is 23.7. The molecule has 3 heterocycles. The number of thioether (sulfide) groups is 1. The van der Waals surface area contributed by atoms with Crippen molar-refractivity contribution in [3.05, 3.63) is 107 Å². The van der Waals surface area contributed by atoms with Crippen LogP contribution in [0, 0.1) is 12.7 Å². The second kappa shape index (κ2) is 9.18. The molecule has 0 spiro atoms. The summed E-state index contributed by atoms with van der Waals surface area (Å²) in [6, 6.07) is 24.5. The molecule has 0 aliphatic heterocycles. The number of benzene rings is 3. The minimum atomic E-state index is -0.455. The van der Waals surface area contributed by atoms with Gasteiger partial charge in [-0.2, -0.15) is 10.1 Å². The Bertz CT molecular complexity index is 1840. The SMILES string of the molecule is CSc1nn(-c2ccccc2)c2nc(C)c3c(=O)n(-c4ccccc4)c(Oc4cccc(F)c4)nc3c12. The maximum Gasteiger partial charge on any atom is 0.310 e. The lowest BCUT2D eigenvalue weighted by Gasteiger charge is -2.15. The zero-order valence-corrected chi connectivity index (χ0v) is 20.7. The van der Waals surface area contributed by atoms with Gasteiger partial charge in [0, 0.05) is 6.07 Å². The summed E-state index contributed by atoms with van der Waals surface area (Å²) >= 11 is 1.44. The highest BCUT2D eigenvalue weighted by Gasteiger charge is 2.24. The standard InChI is InChI=1S/C28H20FN5O2S/c1-17-22-24(23-25(30-17)34(32-26(23)37-2)20-13-7-4-8-14-20)31-28(36-21-15-9-10-18(29)16-21)33(27(22)35)19-11-5-3-6-12-19/h3-16H,1-2H3. The molecule has 3 aromatic carbocycles. The van der Waals surface area contributed by atoms with Crippen molar-refractivity contribution >= 4 is 33.7 Å². The van der Waals surface area contributed by atoms with Crippen molar-refractivity contribution in [2.45, 2.75) is 11.9 Å². The van der Waals surface area contributed by atoms with Gasteiger partial charge in [-0.05, 0) is 49.6 Å². The van der Waals surface area contributed by atoms with Crippen LogP contribution in [0.5, 0.6) is 11.8 Å². The topological polar surface area (TPSA) is 74.8 Å². The molecule has 3 aromatic heterocycles. The molecule has 0 fully saturated rings. The van der Waals surface area contributed by atoms with Crippen LogP contribution in [0.4, 0.5) is 4.39 Å². The summed E-state index contributed by atoms with van der Waals surface area (Å²) in [7, 11) is 0. The average molecular weight is 510 g/mol. The maximum absolute atomic E-state index is 14.0. The van der Waals surface area contributed by atoms with E-state index in [1.54, 1.807) is 35.9 Å². The first-order valence-electron chi connectivity index (χ1n) is 11.5. The van der Waals surface area contributed by atoms with E-state index in [-0.39, 0.29) is 17.3 Å². The number of para-hydroxylation sites is 2. The van der Waals surface area contributed by atoms with Crippen LogP contribution in [0.2, 0.25) is 0 Å². The fourth-order valence-corrected chi connectivity index (χ4v) is 4.88. The molecule has 37 heavy (non-hydrogen) atoms. The number of rotatable bonds is 5. The van der Waals surface area contributed by atoms with Gasteiger partial charge in [0.15, 0.2) is 5.65 Å². The first-order chi connectivity index (χ1) is 18.0. The van der Waals surface area contributed by atoms with Gasteiger partial charge in [-0.1, -0.05) is 42.5 Å². The first kappa shape index (κ1) is 22.9. The van der Waals surface area contributed by atoms with Crippen molar-refractivity contribution in [3.63, 3.8) is 0 Å². The number of aromatic nitrogens is 5. The summed E-state index contributed by atoms with van der Waals surface area (Å²) in [5.41, 5.74) is 2.60. The smallest absolute Gasteiger partial charge is 0.310 e. The zero-order valence-electron chi connectivity index (χ0n) is 19.9. The third-order valence-electron chi connectivity index (χ3n) is 5.97. The van der Waals surface area contributed by atoms with E-state index in [9.17, 15) is 9.18 Å². The van der Waals surface area contributed by atoms with Gasteiger partial charge >= 0.3 is 6.01 Å². The molecular weight excluding hydrogens is 489 g/mol. The first-order valence-corrected chi connectivity index (χ1v) is 12.7. The van der Waals surface area contributed by atoms with Crippen molar-refractivity contribution in [2.75, 3.05) is 6.26 Å². The average Bonchev–Trinajstić information content (AvgIpc) is 3.28. The molecule has 182 valence electrons. The van der Waals surface area contributed by atoms with E-state index in [4.69, 9.17) is 19.8 Å². The molecule has 0 unspecified atom stereocenters. The zero-order chi connectivity index (χ0) is 25.5. The summed E-state index contributed by atoms with van der Waals surface area (Å²) < 4.78 is 23.1. The number of halogens is 1. The van der Waals surface area contributed by atoms with Crippen LogP contribution in [0.15, 0.2) is 94.7 Å². The van der Waals surface area contributed by atoms with E-state index >= 15 is 0 Å². The molecule has 0 amide bonds. The largest absolute Gasteiger partial charge is 0.425 e. The van der Waals surface area contributed by atoms with Crippen LogP contribution in [0.25, 0.3) is 33.3 Å². The van der Waals surface area contributed by atoms with Gasteiger partial charge in [0.25, 0.3) is 5.56 Å². The van der Waals surface area contributed by atoms with Gasteiger partial charge in [-0.25, -0.2) is 18.6 Å². The Morgan fingerprint density at radius 3 is 2.24 bits per heavy atom. The highest BCUT2D eigenvalue weighted by Crippen LogP contribution is 2.34. The molecule has 6 rings (SSSR count). The van der Waals surface area contributed by atoms with Gasteiger partial charge in [0.1, 0.15) is 16.6 Å². The van der Waals surface area contributed by atoms with Gasteiger partial charge in [-0.15, -0.1) is 11.8 Å². The molecule has 0 bridgehead atoms. The van der Waals surface area contributed by atoms with Crippen molar-refractivity contribution < 1.29 is 9.13 Å². The molecule has 0 aliphatic carbocycles. The lowest BCUT2D eigenvalue weighted by Crippen LogP contribution is -2.22. The molecule has 0 N–H and O–H groups in total. The van der Waals surface area contributed by atoms with E-state index in [0.717, 1.165) is 5.69 Å². The Hall–Kier alpha value is -4.50. The molecular formula is C28H20FN5O2S. The molecule has 7 nitrogen and oxygen atoms in total. The molecule has 0 saturated carbocycles. The molecule has 0 aliphatic rings. The third kappa shape index (κ3) is 3.93. The minimum Gasteiger partial charge on any atom is -0.425 e. The van der Waals surface area contributed by atoms with Crippen LogP contribution in [-0.2, 0) is 0 Å². The second-order valence-electron chi connectivity index (χ2n) is 8.31. The van der Waals surface area contributed by atoms with Crippen LogP contribution in [0.3, 0.4) is 0 Å².